The number of rotatable bonds is 7. The van der Waals surface area contributed by atoms with Crippen LogP contribution in [0.15, 0.2) is 30.3 Å². The molecule has 0 atom stereocenters. The number of methoxy groups -OCH3 is 1. The van der Waals surface area contributed by atoms with Crippen molar-refractivity contribution >= 4 is 22.2 Å². The van der Waals surface area contributed by atoms with Crippen molar-refractivity contribution in [2.24, 2.45) is 0 Å². The maximum Gasteiger partial charge on any atom is 0.261 e. The van der Waals surface area contributed by atoms with E-state index >= 15 is 0 Å². The molecule has 2 aromatic heterocycles. The number of benzene rings is 1. The molecular formula is C23H28N4O3S. The van der Waals surface area contributed by atoms with Crippen molar-refractivity contribution in [1.29, 1.82) is 0 Å². The van der Waals surface area contributed by atoms with Crippen LogP contribution in [0, 0.1) is 13.8 Å². The van der Waals surface area contributed by atoms with Gasteiger partial charge in [0, 0.05) is 42.9 Å². The second-order valence-electron chi connectivity index (χ2n) is 7.62. The molecule has 1 saturated heterocycles. The highest BCUT2D eigenvalue weighted by Gasteiger charge is 2.22. The minimum absolute atomic E-state index is 0.0719. The minimum atomic E-state index is -0.0719. The summed E-state index contributed by atoms with van der Waals surface area (Å²) in [6, 6.07) is 9.75. The highest BCUT2D eigenvalue weighted by atomic mass is 32.1. The fraction of sp³-hybridized carbons (Fsp3) is 0.391. The molecule has 0 spiro atoms. The summed E-state index contributed by atoms with van der Waals surface area (Å²) in [6.45, 7) is 7.55. The fourth-order valence-electron chi connectivity index (χ4n) is 3.83. The SMILES string of the molecule is COc1ccccc1CNC(=O)c1cc(Cc2c(C)n[nH]c2C)c(N2CCOCC2)s1. The number of carbonyl (C=O) groups is 1. The van der Waals surface area contributed by atoms with Gasteiger partial charge in [-0.1, -0.05) is 18.2 Å². The van der Waals surface area contributed by atoms with Crippen LogP contribution in [0.25, 0.3) is 0 Å². The van der Waals surface area contributed by atoms with Crippen LogP contribution < -0.4 is 15.0 Å². The van der Waals surface area contributed by atoms with Gasteiger partial charge in [0.15, 0.2) is 0 Å². The average molecular weight is 441 g/mol. The standard InChI is InChI=1S/C23H28N4O3S/c1-15-19(16(2)26-25-15)12-18-13-21(31-23(18)27-8-10-30-11-9-27)22(28)24-14-17-6-4-5-7-20(17)29-3/h4-7,13H,8-12,14H2,1-3H3,(H,24,28)(H,25,26). The van der Waals surface area contributed by atoms with Crippen LogP contribution in [0.5, 0.6) is 5.75 Å². The van der Waals surface area contributed by atoms with E-state index in [1.54, 1.807) is 18.4 Å². The second kappa shape index (κ2) is 9.53. The Morgan fingerprint density at radius 2 is 2.03 bits per heavy atom. The molecule has 0 radical (unpaired) electrons. The van der Waals surface area contributed by atoms with Crippen LogP contribution in [-0.4, -0.2) is 49.5 Å². The third-order valence-corrected chi connectivity index (χ3v) is 6.83. The number of aromatic amines is 1. The molecule has 1 aliphatic rings. The maximum atomic E-state index is 13.0. The predicted octanol–water partition coefficient (Wildman–Crippen LogP) is 3.45. The molecule has 1 fully saturated rings. The molecule has 7 nitrogen and oxygen atoms in total. The summed E-state index contributed by atoms with van der Waals surface area (Å²) < 4.78 is 10.9. The van der Waals surface area contributed by atoms with Crippen LogP contribution in [0.3, 0.4) is 0 Å². The molecule has 31 heavy (non-hydrogen) atoms. The van der Waals surface area contributed by atoms with Gasteiger partial charge in [0.2, 0.25) is 0 Å². The molecule has 164 valence electrons. The summed E-state index contributed by atoms with van der Waals surface area (Å²) in [5.41, 5.74) is 5.36. The molecule has 3 aromatic rings. The number of amides is 1. The first kappa shape index (κ1) is 21.4. The Morgan fingerprint density at radius 3 is 2.74 bits per heavy atom. The number of hydrogen-bond donors (Lipinski definition) is 2. The summed E-state index contributed by atoms with van der Waals surface area (Å²) >= 11 is 1.55. The second-order valence-corrected chi connectivity index (χ2v) is 8.65. The zero-order valence-electron chi connectivity index (χ0n) is 18.2. The molecule has 1 aliphatic heterocycles. The number of aromatic nitrogens is 2. The number of ether oxygens (including phenoxy) is 2. The lowest BCUT2D eigenvalue weighted by Gasteiger charge is -2.28. The topological polar surface area (TPSA) is 79.5 Å². The monoisotopic (exact) mass is 440 g/mol. The Morgan fingerprint density at radius 1 is 1.26 bits per heavy atom. The van der Waals surface area contributed by atoms with Crippen molar-refractivity contribution in [3.63, 3.8) is 0 Å². The summed E-state index contributed by atoms with van der Waals surface area (Å²) in [5, 5.41) is 11.6. The molecule has 8 heteroatoms. The van der Waals surface area contributed by atoms with Gasteiger partial charge in [-0.3, -0.25) is 9.89 Å². The summed E-state index contributed by atoms with van der Waals surface area (Å²) in [7, 11) is 1.64. The van der Waals surface area contributed by atoms with Crippen LogP contribution in [0.2, 0.25) is 0 Å². The van der Waals surface area contributed by atoms with Crippen molar-refractivity contribution in [3.8, 4) is 5.75 Å². The molecule has 1 aromatic carbocycles. The first-order valence-electron chi connectivity index (χ1n) is 10.4. The van der Waals surface area contributed by atoms with Gasteiger partial charge in [0.05, 0.1) is 35.9 Å². The Hall–Kier alpha value is -2.84. The van der Waals surface area contributed by atoms with Crippen molar-refractivity contribution in [1.82, 2.24) is 15.5 Å². The zero-order valence-corrected chi connectivity index (χ0v) is 19.0. The van der Waals surface area contributed by atoms with E-state index in [-0.39, 0.29) is 5.91 Å². The van der Waals surface area contributed by atoms with E-state index in [0.29, 0.717) is 24.6 Å². The molecule has 0 saturated carbocycles. The lowest BCUT2D eigenvalue weighted by Crippen LogP contribution is -2.36. The maximum absolute atomic E-state index is 13.0. The van der Waals surface area contributed by atoms with E-state index in [1.807, 2.05) is 44.2 Å². The molecule has 0 unspecified atom stereocenters. The molecule has 1 amide bonds. The van der Waals surface area contributed by atoms with Gasteiger partial charge in [-0.05, 0) is 31.5 Å². The number of morpholine rings is 1. The van der Waals surface area contributed by atoms with Crippen LogP contribution in [0.4, 0.5) is 5.00 Å². The normalized spacial score (nSPS) is 14.0. The van der Waals surface area contributed by atoms with Crippen molar-refractivity contribution < 1.29 is 14.3 Å². The Labute approximate surface area is 186 Å². The smallest absolute Gasteiger partial charge is 0.261 e. The number of anilines is 1. The number of aryl methyl sites for hydroxylation is 2. The molecule has 3 heterocycles. The third kappa shape index (κ3) is 4.75. The molecular weight excluding hydrogens is 412 g/mol. The predicted molar refractivity (Wildman–Crippen MR) is 122 cm³/mol. The van der Waals surface area contributed by atoms with E-state index in [0.717, 1.165) is 52.8 Å². The lowest BCUT2D eigenvalue weighted by molar-refractivity contribution is 0.0954. The largest absolute Gasteiger partial charge is 0.496 e. The number of carbonyl (C=O) groups excluding carboxylic acids is 1. The van der Waals surface area contributed by atoms with Gasteiger partial charge in [0.1, 0.15) is 5.75 Å². The number of hydrogen-bond acceptors (Lipinski definition) is 6. The van der Waals surface area contributed by atoms with Crippen LogP contribution in [0.1, 0.15) is 37.7 Å². The van der Waals surface area contributed by atoms with Crippen LogP contribution in [-0.2, 0) is 17.7 Å². The van der Waals surface area contributed by atoms with Crippen molar-refractivity contribution in [2.45, 2.75) is 26.8 Å². The number of nitrogens with one attached hydrogen (secondary N) is 2. The first-order valence-corrected chi connectivity index (χ1v) is 11.2. The van der Waals surface area contributed by atoms with E-state index in [2.05, 4.69) is 20.4 Å². The van der Waals surface area contributed by atoms with Gasteiger partial charge in [-0.2, -0.15) is 5.10 Å². The van der Waals surface area contributed by atoms with Crippen molar-refractivity contribution in [3.05, 3.63) is 63.3 Å². The van der Waals surface area contributed by atoms with Crippen LogP contribution >= 0.6 is 11.3 Å². The molecule has 4 rings (SSSR count). The Bertz CT molecular complexity index is 1030. The average Bonchev–Trinajstić information content (AvgIpc) is 3.37. The fourth-order valence-corrected chi connectivity index (χ4v) is 4.98. The lowest BCUT2D eigenvalue weighted by atomic mass is 10.0. The number of H-pyrrole nitrogens is 1. The number of nitrogens with zero attached hydrogens (tertiary/aromatic N) is 2. The van der Waals surface area contributed by atoms with Crippen molar-refractivity contribution in [2.75, 3.05) is 38.3 Å². The zero-order chi connectivity index (χ0) is 21.8. The van der Waals surface area contributed by atoms with Gasteiger partial charge < -0.3 is 19.7 Å². The summed E-state index contributed by atoms with van der Waals surface area (Å²) in [4.78, 5) is 16.0. The highest BCUT2D eigenvalue weighted by molar-refractivity contribution is 7.18. The van der Waals surface area contributed by atoms with Gasteiger partial charge in [0.25, 0.3) is 5.91 Å². The van der Waals surface area contributed by atoms with Gasteiger partial charge in [-0.15, -0.1) is 11.3 Å². The first-order chi connectivity index (χ1) is 15.1. The van der Waals surface area contributed by atoms with E-state index < -0.39 is 0 Å². The van der Waals surface area contributed by atoms with E-state index in [1.165, 1.54) is 5.56 Å². The summed E-state index contributed by atoms with van der Waals surface area (Å²) in [5.74, 6) is 0.701. The van der Waals surface area contributed by atoms with Gasteiger partial charge in [-0.25, -0.2) is 0 Å². The molecule has 0 bridgehead atoms. The third-order valence-electron chi connectivity index (χ3n) is 5.59. The number of para-hydroxylation sites is 1. The molecule has 0 aliphatic carbocycles. The van der Waals surface area contributed by atoms with E-state index in [9.17, 15) is 4.79 Å². The van der Waals surface area contributed by atoms with Gasteiger partial charge >= 0.3 is 0 Å². The Balaban J connectivity index is 1.57. The van der Waals surface area contributed by atoms with E-state index in [4.69, 9.17) is 9.47 Å². The highest BCUT2D eigenvalue weighted by Crippen LogP contribution is 2.35. The summed E-state index contributed by atoms with van der Waals surface area (Å²) in [6.07, 6.45) is 0.747. The Kier molecular flexibility index (Phi) is 6.58. The quantitative estimate of drug-likeness (QED) is 0.588. The number of thiophene rings is 1. The minimum Gasteiger partial charge on any atom is -0.496 e. The molecule has 2 N–H and O–H groups in total.